The van der Waals surface area contributed by atoms with Crippen molar-refractivity contribution in [3.05, 3.63) is 60.2 Å². The van der Waals surface area contributed by atoms with Crippen LogP contribution in [0.2, 0.25) is 0 Å². The van der Waals surface area contributed by atoms with Gasteiger partial charge in [-0.25, -0.2) is 5.43 Å². The number of piperazine rings is 1. The van der Waals surface area contributed by atoms with Crippen molar-refractivity contribution in [3.63, 3.8) is 0 Å². The van der Waals surface area contributed by atoms with E-state index in [1.54, 1.807) is 25.1 Å². The minimum atomic E-state index is -2.92. The monoisotopic (exact) mass is 416 g/mol. The van der Waals surface area contributed by atoms with Gasteiger partial charge >= 0.3 is 6.61 Å². The molecule has 0 atom stereocenters. The first-order valence-electron chi connectivity index (χ1n) is 9.92. The summed E-state index contributed by atoms with van der Waals surface area (Å²) in [7, 11) is 0. The van der Waals surface area contributed by atoms with E-state index in [0.29, 0.717) is 24.2 Å². The fraction of sp³-hybridized carbons (Fsp3) is 0.364. The lowest BCUT2D eigenvalue weighted by Crippen LogP contribution is -2.47. The lowest BCUT2D eigenvalue weighted by Gasteiger charge is -2.36. The van der Waals surface area contributed by atoms with Gasteiger partial charge in [0.25, 0.3) is 0 Å². The summed E-state index contributed by atoms with van der Waals surface area (Å²) in [6.07, 6.45) is 0.317. The molecule has 8 heteroatoms. The lowest BCUT2D eigenvalue weighted by molar-refractivity contribution is -0.121. The molecule has 1 aliphatic rings. The molecule has 0 radical (unpaired) electrons. The van der Waals surface area contributed by atoms with Gasteiger partial charge in [-0.05, 0) is 31.2 Å². The number of nitrogens with one attached hydrogen (secondary N) is 1. The van der Waals surface area contributed by atoms with E-state index in [1.165, 1.54) is 11.8 Å². The quantitative estimate of drug-likeness (QED) is 0.530. The van der Waals surface area contributed by atoms with Gasteiger partial charge in [0.05, 0.1) is 5.71 Å². The Morgan fingerprint density at radius 1 is 1.07 bits per heavy atom. The third-order valence-electron chi connectivity index (χ3n) is 4.99. The summed E-state index contributed by atoms with van der Waals surface area (Å²) in [4.78, 5) is 16.8. The molecule has 0 unspecified atom stereocenters. The molecular weight excluding hydrogens is 390 g/mol. The van der Waals surface area contributed by atoms with Crippen molar-refractivity contribution in [2.75, 3.05) is 37.6 Å². The van der Waals surface area contributed by atoms with Crippen LogP contribution in [0.1, 0.15) is 18.9 Å². The summed E-state index contributed by atoms with van der Waals surface area (Å²) >= 11 is 0. The van der Waals surface area contributed by atoms with Crippen LogP contribution in [0.4, 0.5) is 14.5 Å². The van der Waals surface area contributed by atoms with E-state index >= 15 is 0 Å². The van der Waals surface area contributed by atoms with Crippen molar-refractivity contribution < 1.29 is 18.3 Å². The molecule has 1 saturated heterocycles. The highest BCUT2D eigenvalue weighted by Crippen LogP contribution is 2.21. The number of amides is 1. The Bertz CT molecular complexity index is 853. The van der Waals surface area contributed by atoms with Gasteiger partial charge in [0.15, 0.2) is 0 Å². The zero-order valence-corrected chi connectivity index (χ0v) is 16.9. The fourth-order valence-electron chi connectivity index (χ4n) is 3.35. The zero-order valence-electron chi connectivity index (χ0n) is 16.9. The Labute approximate surface area is 175 Å². The van der Waals surface area contributed by atoms with Gasteiger partial charge in [0.1, 0.15) is 5.75 Å². The van der Waals surface area contributed by atoms with Crippen LogP contribution < -0.4 is 15.1 Å². The molecule has 1 fully saturated rings. The van der Waals surface area contributed by atoms with Crippen molar-refractivity contribution in [1.29, 1.82) is 0 Å². The molecule has 0 spiro atoms. The van der Waals surface area contributed by atoms with Crippen LogP contribution >= 0.6 is 0 Å². The van der Waals surface area contributed by atoms with E-state index in [4.69, 9.17) is 0 Å². The number of anilines is 1. The first-order chi connectivity index (χ1) is 14.5. The molecule has 0 aromatic heterocycles. The molecule has 0 saturated carbocycles. The molecule has 30 heavy (non-hydrogen) atoms. The summed E-state index contributed by atoms with van der Waals surface area (Å²) < 4.78 is 29.6. The smallest absolute Gasteiger partial charge is 0.387 e. The number of halogens is 2. The SMILES string of the molecule is C/C(=N\NC(=O)CCN1CCN(c2ccccc2)CC1)c1ccccc1OC(F)F. The first-order valence-corrected chi connectivity index (χ1v) is 9.92. The second kappa shape index (κ2) is 10.7. The average molecular weight is 416 g/mol. The number of rotatable bonds is 8. The number of hydrogen-bond acceptors (Lipinski definition) is 5. The molecule has 2 aromatic rings. The average Bonchev–Trinajstić information content (AvgIpc) is 2.77. The van der Waals surface area contributed by atoms with Gasteiger partial charge in [-0.15, -0.1) is 0 Å². The number of hydrazone groups is 1. The van der Waals surface area contributed by atoms with Crippen LogP contribution in [0.25, 0.3) is 0 Å². The van der Waals surface area contributed by atoms with Crippen molar-refractivity contribution in [1.82, 2.24) is 10.3 Å². The van der Waals surface area contributed by atoms with Crippen LogP contribution in [0.3, 0.4) is 0 Å². The zero-order chi connectivity index (χ0) is 21.3. The first kappa shape index (κ1) is 21.7. The largest absolute Gasteiger partial charge is 0.434 e. The summed E-state index contributed by atoms with van der Waals surface area (Å²) in [6, 6.07) is 16.6. The summed E-state index contributed by atoms with van der Waals surface area (Å²) in [6.45, 7) is 2.99. The third-order valence-corrected chi connectivity index (χ3v) is 4.99. The molecule has 3 rings (SSSR count). The number of para-hydroxylation sites is 2. The molecule has 2 aromatic carbocycles. The van der Waals surface area contributed by atoms with Crippen LogP contribution in [0.5, 0.6) is 5.75 Å². The topological polar surface area (TPSA) is 57.2 Å². The predicted octanol–water partition coefficient (Wildman–Crippen LogP) is 3.34. The van der Waals surface area contributed by atoms with Gasteiger partial charge in [-0.1, -0.05) is 30.3 Å². The van der Waals surface area contributed by atoms with E-state index in [-0.39, 0.29) is 11.7 Å². The van der Waals surface area contributed by atoms with E-state index < -0.39 is 6.61 Å². The minimum Gasteiger partial charge on any atom is -0.434 e. The number of carbonyl (C=O) groups is 1. The standard InChI is InChI=1S/C22H26F2N4O2/c1-17(19-9-5-6-10-20(19)30-22(23)24)25-26-21(29)11-12-27-13-15-28(16-14-27)18-7-3-2-4-8-18/h2-10,22H,11-16H2,1H3,(H,26,29)/b25-17+. The Hall–Kier alpha value is -3.00. The van der Waals surface area contributed by atoms with Crippen LogP contribution in [-0.4, -0.2) is 55.9 Å². The van der Waals surface area contributed by atoms with Crippen molar-refractivity contribution in [3.8, 4) is 5.75 Å². The highest BCUT2D eigenvalue weighted by atomic mass is 19.3. The normalized spacial score (nSPS) is 15.3. The second-order valence-corrected chi connectivity index (χ2v) is 7.02. The van der Waals surface area contributed by atoms with Gasteiger partial charge in [-0.3, -0.25) is 9.69 Å². The number of hydrogen-bond donors (Lipinski definition) is 1. The van der Waals surface area contributed by atoms with E-state index in [1.807, 2.05) is 18.2 Å². The van der Waals surface area contributed by atoms with Crippen molar-refractivity contribution in [2.24, 2.45) is 5.10 Å². The number of benzene rings is 2. The number of alkyl halides is 2. The van der Waals surface area contributed by atoms with Gasteiger partial charge in [-0.2, -0.15) is 13.9 Å². The molecule has 1 amide bonds. The van der Waals surface area contributed by atoms with Crippen LogP contribution in [-0.2, 0) is 4.79 Å². The Morgan fingerprint density at radius 3 is 2.43 bits per heavy atom. The number of nitrogens with zero attached hydrogens (tertiary/aromatic N) is 3. The Morgan fingerprint density at radius 2 is 1.73 bits per heavy atom. The maximum atomic E-state index is 12.5. The molecule has 1 N–H and O–H groups in total. The van der Waals surface area contributed by atoms with E-state index in [2.05, 4.69) is 37.2 Å². The molecule has 6 nitrogen and oxygen atoms in total. The molecule has 160 valence electrons. The van der Waals surface area contributed by atoms with Crippen LogP contribution in [0, 0.1) is 0 Å². The van der Waals surface area contributed by atoms with Gasteiger partial charge in [0, 0.05) is 50.4 Å². The van der Waals surface area contributed by atoms with E-state index in [0.717, 1.165) is 26.2 Å². The maximum Gasteiger partial charge on any atom is 0.387 e. The van der Waals surface area contributed by atoms with E-state index in [9.17, 15) is 13.6 Å². The Balaban J connectivity index is 1.44. The van der Waals surface area contributed by atoms with Crippen LogP contribution in [0.15, 0.2) is 59.7 Å². The molecule has 1 heterocycles. The second-order valence-electron chi connectivity index (χ2n) is 7.02. The molecule has 1 aliphatic heterocycles. The summed E-state index contributed by atoms with van der Waals surface area (Å²) in [5.74, 6) is -0.189. The number of carbonyl (C=O) groups excluding carboxylic acids is 1. The van der Waals surface area contributed by atoms with Gasteiger partial charge in [0.2, 0.25) is 5.91 Å². The van der Waals surface area contributed by atoms with Crippen molar-refractivity contribution in [2.45, 2.75) is 20.0 Å². The van der Waals surface area contributed by atoms with Gasteiger partial charge < -0.3 is 9.64 Å². The minimum absolute atomic E-state index is 0.0271. The molecule has 0 aliphatic carbocycles. The summed E-state index contributed by atoms with van der Waals surface area (Å²) in [5.41, 5.74) is 4.53. The predicted molar refractivity (Wildman–Crippen MR) is 113 cm³/mol. The fourth-order valence-corrected chi connectivity index (χ4v) is 3.35. The van der Waals surface area contributed by atoms with Crippen molar-refractivity contribution >= 4 is 17.3 Å². The third kappa shape index (κ3) is 6.25. The highest BCUT2D eigenvalue weighted by molar-refractivity contribution is 6.01. The summed E-state index contributed by atoms with van der Waals surface area (Å²) in [5, 5.41) is 4.04. The lowest BCUT2D eigenvalue weighted by atomic mass is 10.1. The maximum absolute atomic E-state index is 12.5. The Kier molecular flexibility index (Phi) is 7.73. The molecule has 0 bridgehead atoms. The highest BCUT2D eigenvalue weighted by Gasteiger charge is 2.17. The molecular formula is C22H26F2N4O2. The number of ether oxygens (including phenoxy) is 1.